The van der Waals surface area contributed by atoms with Gasteiger partial charge in [-0.25, -0.2) is 9.79 Å². The Morgan fingerprint density at radius 3 is 2.65 bits per heavy atom. The summed E-state index contributed by atoms with van der Waals surface area (Å²) in [4.78, 5) is 28.7. The van der Waals surface area contributed by atoms with Crippen LogP contribution in [0.3, 0.4) is 0 Å². The molecule has 2 aromatic rings. The van der Waals surface area contributed by atoms with Gasteiger partial charge in [-0.3, -0.25) is 4.79 Å². The van der Waals surface area contributed by atoms with Gasteiger partial charge in [0.05, 0.1) is 29.3 Å². The molecule has 0 aromatic heterocycles. The van der Waals surface area contributed by atoms with Gasteiger partial charge in [-0.15, -0.1) is 0 Å². The van der Waals surface area contributed by atoms with Gasteiger partial charge >= 0.3 is 5.97 Å². The molecule has 1 aliphatic rings. The lowest BCUT2D eigenvalue weighted by molar-refractivity contribution is -0.142. The number of nitrogens with zero attached hydrogens (tertiary/aromatic N) is 1. The summed E-state index contributed by atoms with van der Waals surface area (Å²) in [5.74, 6) is -0.191. The minimum Gasteiger partial charge on any atom is -0.490 e. The fourth-order valence-electron chi connectivity index (χ4n) is 2.63. The van der Waals surface area contributed by atoms with Crippen molar-refractivity contribution in [2.45, 2.75) is 13.8 Å². The van der Waals surface area contributed by atoms with Crippen LogP contribution in [-0.4, -0.2) is 37.4 Å². The molecule has 2 aromatic carbocycles. The molecule has 0 radical (unpaired) electrons. The standard InChI is InChI=1S/C22H21ClN2O5S/c1-4-29-17-10-14(9-16(23)20(17)30-12-19(26)28-3)11-18-21(27)25-22(31-18)24-15-7-5-13(2)6-8-15/h5-11H,4,12H2,1-3H3,(H,24,25,27)/b18-11+. The molecule has 1 amide bonds. The number of carbonyl (C=O) groups is 2. The van der Waals surface area contributed by atoms with Crippen LogP contribution >= 0.6 is 23.4 Å². The van der Waals surface area contributed by atoms with Gasteiger partial charge in [0, 0.05) is 0 Å². The number of nitrogens with one attached hydrogen (secondary N) is 1. The summed E-state index contributed by atoms with van der Waals surface area (Å²) in [6.45, 7) is 3.88. The van der Waals surface area contributed by atoms with E-state index < -0.39 is 5.97 Å². The zero-order chi connectivity index (χ0) is 22.4. The van der Waals surface area contributed by atoms with Crippen LogP contribution in [0.1, 0.15) is 18.1 Å². The third kappa shape index (κ3) is 6.02. The number of amides is 1. The van der Waals surface area contributed by atoms with E-state index in [1.807, 2.05) is 38.1 Å². The highest BCUT2D eigenvalue weighted by atomic mass is 35.5. The van der Waals surface area contributed by atoms with Crippen LogP contribution in [0.4, 0.5) is 5.69 Å². The van der Waals surface area contributed by atoms with Crippen molar-refractivity contribution in [3.05, 3.63) is 57.5 Å². The van der Waals surface area contributed by atoms with E-state index in [4.69, 9.17) is 21.1 Å². The van der Waals surface area contributed by atoms with Gasteiger partial charge in [0.2, 0.25) is 0 Å². The van der Waals surface area contributed by atoms with Crippen molar-refractivity contribution in [1.82, 2.24) is 5.32 Å². The molecular weight excluding hydrogens is 440 g/mol. The monoisotopic (exact) mass is 460 g/mol. The molecule has 31 heavy (non-hydrogen) atoms. The second-order valence-electron chi connectivity index (χ2n) is 6.45. The molecule has 0 atom stereocenters. The maximum absolute atomic E-state index is 12.4. The minimum atomic E-state index is -0.538. The molecule has 0 unspecified atom stereocenters. The lowest BCUT2D eigenvalue weighted by Gasteiger charge is -2.14. The molecule has 1 fully saturated rings. The first-order valence-corrected chi connectivity index (χ1v) is 10.6. The first-order valence-electron chi connectivity index (χ1n) is 9.41. The first-order chi connectivity index (χ1) is 14.9. The lowest BCUT2D eigenvalue weighted by atomic mass is 10.2. The molecule has 7 nitrogen and oxygen atoms in total. The third-order valence-corrected chi connectivity index (χ3v) is 5.30. The maximum Gasteiger partial charge on any atom is 0.343 e. The smallest absolute Gasteiger partial charge is 0.343 e. The van der Waals surface area contributed by atoms with Gasteiger partial charge in [-0.1, -0.05) is 29.3 Å². The zero-order valence-electron chi connectivity index (χ0n) is 17.2. The van der Waals surface area contributed by atoms with Crippen molar-refractivity contribution < 1.29 is 23.8 Å². The van der Waals surface area contributed by atoms with Crippen molar-refractivity contribution in [2.24, 2.45) is 4.99 Å². The Hall–Kier alpha value is -2.97. The summed E-state index contributed by atoms with van der Waals surface area (Å²) in [5, 5.41) is 3.50. The fraction of sp³-hybridized carbons (Fsp3) is 0.227. The number of hydrogen-bond acceptors (Lipinski definition) is 7. The fourth-order valence-corrected chi connectivity index (χ4v) is 3.75. The Morgan fingerprint density at radius 2 is 1.97 bits per heavy atom. The Balaban J connectivity index is 1.84. The number of amidine groups is 1. The van der Waals surface area contributed by atoms with E-state index in [1.165, 1.54) is 18.9 Å². The van der Waals surface area contributed by atoms with E-state index in [1.54, 1.807) is 18.2 Å². The quantitative estimate of drug-likeness (QED) is 0.484. The van der Waals surface area contributed by atoms with Crippen molar-refractivity contribution >= 4 is 52.2 Å². The number of rotatable bonds is 7. The number of aryl methyl sites for hydroxylation is 1. The maximum atomic E-state index is 12.4. The summed E-state index contributed by atoms with van der Waals surface area (Å²) >= 11 is 7.58. The highest BCUT2D eigenvalue weighted by molar-refractivity contribution is 8.18. The second kappa shape index (κ2) is 10.4. The minimum absolute atomic E-state index is 0.237. The predicted octanol–water partition coefficient (Wildman–Crippen LogP) is 4.49. The largest absolute Gasteiger partial charge is 0.490 e. The Bertz CT molecular complexity index is 1050. The van der Waals surface area contributed by atoms with E-state index >= 15 is 0 Å². The Labute approximate surface area is 189 Å². The molecule has 0 spiro atoms. The zero-order valence-corrected chi connectivity index (χ0v) is 18.8. The number of esters is 1. The molecule has 0 aliphatic carbocycles. The number of carbonyl (C=O) groups excluding carboxylic acids is 2. The van der Waals surface area contributed by atoms with Crippen LogP contribution in [0.15, 0.2) is 46.3 Å². The van der Waals surface area contributed by atoms with Crippen molar-refractivity contribution in [1.29, 1.82) is 0 Å². The summed E-state index contributed by atoms with van der Waals surface area (Å²) in [7, 11) is 1.27. The van der Waals surface area contributed by atoms with E-state index in [0.29, 0.717) is 28.0 Å². The van der Waals surface area contributed by atoms with Gasteiger partial charge in [0.15, 0.2) is 23.3 Å². The number of halogens is 1. The van der Waals surface area contributed by atoms with Gasteiger partial charge in [-0.2, -0.15) is 0 Å². The van der Waals surface area contributed by atoms with Crippen LogP contribution < -0.4 is 14.8 Å². The molecular formula is C22H21ClN2O5S. The van der Waals surface area contributed by atoms with Crippen molar-refractivity contribution in [2.75, 3.05) is 20.3 Å². The topological polar surface area (TPSA) is 86.2 Å². The molecule has 3 rings (SSSR count). The third-order valence-electron chi connectivity index (χ3n) is 4.11. The normalized spacial score (nSPS) is 15.8. The highest BCUT2D eigenvalue weighted by Gasteiger charge is 2.24. The number of benzene rings is 2. The SMILES string of the molecule is CCOc1cc(/C=C2/SC(=Nc3ccc(C)cc3)NC2=O)cc(Cl)c1OCC(=O)OC. The summed E-state index contributed by atoms with van der Waals surface area (Å²) < 4.78 is 15.6. The van der Waals surface area contributed by atoms with E-state index in [0.717, 1.165) is 11.3 Å². The molecule has 1 heterocycles. The van der Waals surface area contributed by atoms with Crippen LogP contribution in [0.2, 0.25) is 5.02 Å². The number of methoxy groups -OCH3 is 1. The van der Waals surface area contributed by atoms with E-state index in [9.17, 15) is 9.59 Å². The average molecular weight is 461 g/mol. The highest BCUT2D eigenvalue weighted by Crippen LogP contribution is 2.38. The molecule has 162 valence electrons. The number of ether oxygens (including phenoxy) is 3. The van der Waals surface area contributed by atoms with E-state index in [2.05, 4.69) is 15.0 Å². The second-order valence-corrected chi connectivity index (χ2v) is 7.88. The summed E-state index contributed by atoms with van der Waals surface area (Å²) in [6, 6.07) is 11.0. The van der Waals surface area contributed by atoms with Crippen LogP contribution in [0, 0.1) is 6.92 Å². The Morgan fingerprint density at radius 1 is 1.23 bits per heavy atom. The lowest BCUT2D eigenvalue weighted by Crippen LogP contribution is -2.19. The van der Waals surface area contributed by atoms with E-state index in [-0.39, 0.29) is 23.3 Å². The van der Waals surface area contributed by atoms with Gasteiger partial charge in [0.1, 0.15) is 0 Å². The van der Waals surface area contributed by atoms with Crippen LogP contribution in [-0.2, 0) is 14.3 Å². The van der Waals surface area contributed by atoms with Crippen LogP contribution in [0.5, 0.6) is 11.5 Å². The average Bonchev–Trinajstić information content (AvgIpc) is 3.07. The summed E-state index contributed by atoms with van der Waals surface area (Å²) in [5.41, 5.74) is 2.53. The predicted molar refractivity (Wildman–Crippen MR) is 122 cm³/mol. The Kier molecular flexibility index (Phi) is 7.59. The van der Waals surface area contributed by atoms with Crippen molar-refractivity contribution in [3.8, 4) is 11.5 Å². The summed E-state index contributed by atoms with van der Waals surface area (Å²) in [6.07, 6.45) is 1.69. The number of hydrogen-bond donors (Lipinski definition) is 1. The van der Waals surface area contributed by atoms with Gasteiger partial charge in [-0.05, 0) is 61.5 Å². The van der Waals surface area contributed by atoms with Crippen molar-refractivity contribution in [3.63, 3.8) is 0 Å². The number of aliphatic imine (C=N–C) groups is 1. The first kappa shape index (κ1) is 22.7. The van der Waals surface area contributed by atoms with Crippen LogP contribution in [0.25, 0.3) is 6.08 Å². The molecule has 1 saturated heterocycles. The van der Waals surface area contributed by atoms with Gasteiger partial charge < -0.3 is 19.5 Å². The molecule has 0 saturated carbocycles. The molecule has 0 bridgehead atoms. The molecule has 1 N–H and O–H groups in total. The number of thioether (sulfide) groups is 1. The van der Waals surface area contributed by atoms with Gasteiger partial charge in [0.25, 0.3) is 5.91 Å². The molecule has 9 heteroatoms. The molecule has 1 aliphatic heterocycles.